The summed E-state index contributed by atoms with van der Waals surface area (Å²) in [6.45, 7) is 2.08. The lowest BCUT2D eigenvalue weighted by Crippen LogP contribution is -2.07. The number of hydrogen-bond acceptors (Lipinski definition) is 3. The summed E-state index contributed by atoms with van der Waals surface area (Å²) in [6.07, 6.45) is 0. The first-order valence-electron chi connectivity index (χ1n) is 6.48. The standard InChI is InChI=1S/C16H17BrClNO2/c1-10(11-4-6-12(17)7-5-11)19-14-8-13(18)15(20-2)9-16(14)21-3/h4-10,19H,1-3H3. The maximum Gasteiger partial charge on any atom is 0.145 e. The van der Waals surface area contributed by atoms with Crippen molar-refractivity contribution in [3.8, 4) is 11.5 Å². The van der Waals surface area contributed by atoms with Gasteiger partial charge in [0.1, 0.15) is 11.5 Å². The second-order valence-corrected chi connectivity index (χ2v) is 5.93. The maximum atomic E-state index is 6.18. The number of rotatable bonds is 5. The Bertz CT molecular complexity index is 616. The van der Waals surface area contributed by atoms with Gasteiger partial charge < -0.3 is 14.8 Å². The lowest BCUT2D eigenvalue weighted by Gasteiger charge is -2.19. The van der Waals surface area contributed by atoms with Crippen LogP contribution in [0.5, 0.6) is 11.5 Å². The molecule has 0 saturated heterocycles. The van der Waals surface area contributed by atoms with Crippen LogP contribution < -0.4 is 14.8 Å². The van der Waals surface area contributed by atoms with Crippen LogP contribution in [0.15, 0.2) is 40.9 Å². The minimum atomic E-state index is 0.122. The molecule has 112 valence electrons. The summed E-state index contributed by atoms with van der Waals surface area (Å²) in [6, 6.07) is 11.9. The maximum absolute atomic E-state index is 6.18. The third-order valence-corrected chi connectivity index (χ3v) is 4.04. The Balaban J connectivity index is 2.26. The van der Waals surface area contributed by atoms with E-state index in [0.717, 1.165) is 10.2 Å². The summed E-state index contributed by atoms with van der Waals surface area (Å²) in [4.78, 5) is 0. The monoisotopic (exact) mass is 369 g/mol. The van der Waals surface area contributed by atoms with Crippen molar-refractivity contribution in [2.75, 3.05) is 19.5 Å². The summed E-state index contributed by atoms with van der Waals surface area (Å²) < 4.78 is 11.6. The molecule has 2 aromatic carbocycles. The van der Waals surface area contributed by atoms with Crippen LogP contribution in [-0.2, 0) is 0 Å². The molecule has 0 aliphatic heterocycles. The predicted octanol–water partition coefficient (Wildman–Crippen LogP) is 5.29. The second-order valence-electron chi connectivity index (χ2n) is 4.60. The van der Waals surface area contributed by atoms with Gasteiger partial charge in [-0.25, -0.2) is 0 Å². The molecule has 0 amide bonds. The molecule has 0 aliphatic rings. The highest BCUT2D eigenvalue weighted by Gasteiger charge is 2.13. The lowest BCUT2D eigenvalue weighted by atomic mass is 10.1. The van der Waals surface area contributed by atoms with Crippen molar-refractivity contribution in [2.24, 2.45) is 0 Å². The van der Waals surface area contributed by atoms with Crippen molar-refractivity contribution in [3.63, 3.8) is 0 Å². The third kappa shape index (κ3) is 3.83. The summed E-state index contributed by atoms with van der Waals surface area (Å²) in [5.41, 5.74) is 2.01. The van der Waals surface area contributed by atoms with E-state index in [4.69, 9.17) is 21.1 Å². The number of hydrogen-bond donors (Lipinski definition) is 1. The normalized spacial score (nSPS) is 11.9. The molecule has 0 fully saturated rings. The van der Waals surface area contributed by atoms with E-state index in [1.807, 2.05) is 18.2 Å². The molecule has 0 heterocycles. The Labute approximate surface area is 138 Å². The van der Waals surface area contributed by atoms with Gasteiger partial charge in [-0.15, -0.1) is 0 Å². The topological polar surface area (TPSA) is 30.5 Å². The Morgan fingerprint density at radius 1 is 1.05 bits per heavy atom. The van der Waals surface area contributed by atoms with Gasteiger partial charge in [-0.3, -0.25) is 0 Å². The molecule has 0 spiro atoms. The lowest BCUT2D eigenvalue weighted by molar-refractivity contribution is 0.395. The van der Waals surface area contributed by atoms with Crippen LogP contribution in [-0.4, -0.2) is 14.2 Å². The molecule has 2 aromatic rings. The fourth-order valence-corrected chi connectivity index (χ4v) is 2.55. The van der Waals surface area contributed by atoms with Gasteiger partial charge in [-0.2, -0.15) is 0 Å². The van der Waals surface area contributed by atoms with E-state index >= 15 is 0 Å². The number of halogens is 2. The molecule has 0 aliphatic carbocycles. The van der Waals surface area contributed by atoms with Crippen LogP contribution in [0.1, 0.15) is 18.5 Å². The van der Waals surface area contributed by atoms with Crippen LogP contribution in [0.4, 0.5) is 5.69 Å². The fourth-order valence-electron chi connectivity index (χ4n) is 2.04. The number of nitrogens with one attached hydrogen (secondary N) is 1. The molecule has 2 rings (SSSR count). The summed E-state index contributed by atoms with van der Waals surface area (Å²) >= 11 is 9.62. The van der Waals surface area contributed by atoms with Crippen molar-refractivity contribution in [1.29, 1.82) is 0 Å². The van der Waals surface area contributed by atoms with Crippen molar-refractivity contribution < 1.29 is 9.47 Å². The van der Waals surface area contributed by atoms with Crippen molar-refractivity contribution >= 4 is 33.2 Å². The van der Waals surface area contributed by atoms with E-state index in [0.29, 0.717) is 16.5 Å². The third-order valence-electron chi connectivity index (χ3n) is 3.22. The van der Waals surface area contributed by atoms with Crippen molar-refractivity contribution in [1.82, 2.24) is 0 Å². The molecular formula is C16H17BrClNO2. The van der Waals surface area contributed by atoms with Gasteiger partial charge in [0.15, 0.2) is 0 Å². The number of methoxy groups -OCH3 is 2. The Kier molecular flexibility index (Phi) is 5.37. The van der Waals surface area contributed by atoms with Crippen LogP contribution in [0.25, 0.3) is 0 Å². The first-order valence-corrected chi connectivity index (χ1v) is 7.65. The molecule has 0 bridgehead atoms. The molecule has 3 nitrogen and oxygen atoms in total. The average molecular weight is 371 g/mol. The molecule has 0 saturated carbocycles. The van der Waals surface area contributed by atoms with E-state index in [2.05, 4.69) is 40.3 Å². The minimum absolute atomic E-state index is 0.122. The predicted molar refractivity (Wildman–Crippen MR) is 90.7 cm³/mol. The van der Waals surface area contributed by atoms with Gasteiger partial charge in [-0.05, 0) is 30.7 Å². The number of ether oxygens (including phenoxy) is 2. The number of anilines is 1. The van der Waals surface area contributed by atoms with Crippen molar-refractivity contribution in [3.05, 3.63) is 51.5 Å². The highest BCUT2D eigenvalue weighted by atomic mass is 79.9. The first kappa shape index (κ1) is 16.0. The molecule has 1 atom stereocenters. The molecule has 1 N–H and O–H groups in total. The van der Waals surface area contributed by atoms with Crippen LogP contribution >= 0.6 is 27.5 Å². The average Bonchev–Trinajstić information content (AvgIpc) is 2.48. The smallest absolute Gasteiger partial charge is 0.145 e. The van der Waals surface area contributed by atoms with Crippen LogP contribution in [0.3, 0.4) is 0 Å². The highest BCUT2D eigenvalue weighted by molar-refractivity contribution is 9.10. The van der Waals surface area contributed by atoms with E-state index < -0.39 is 0 Å². The van der Waals surface area contributed by atoms with E-state index in [1.54, 1.807) is 20.3 Å². The van der Waals surface area contributed by atoms with Gasteiger partial charge >= 0.3 is 0 Å². The second kappa shape index (κ2) is 7.05. The fraction of sp³-hybridized carbons (Fsp3) is 0.250. The SMILES string of the molecule is COc1cc(OC)c(NC(C)c2ccc(Br)cc2)cc1Cl. The quantitative estimate of drug-likeness (QED) is 0.775. The zero-order chi connectivity index (χ0) is 15.4. The zero-order valence-corrected chi connectivity index (χ0v) is 14.5. The van der Waals surface area contributed by atoms with Crippen LogP contribution in [0.2, 0.25) is 5.02 Å². The Morgan fingerprint density at radius 3 is 2.24 bits per heavy atom. The first-order chi connectivity index (χ1) is 10.0. The van der Waals surface area contributed by atoms with Gasteiger partial charge in [0.05, 0.1) is 24.9 Å². The summed E-state index contributed by atoms with van der Waals surface area (Å²) in [5.74, 6) is 1.29. The molecular weight excluding hydrogens is 354 g/mol. The van der Waals surface area contributed by atoms with E-state index in [1.165, 1.54) is 5.56 Å². The van der Waals surface area contributed by atoms with E-state index in [-0.39, 0.29) is 6.04 Å². The van der Waals surface area contributed by atoms with Crippen LogP contribution in [0, 0.1) is 0 Å². The summed E-state index contributed by atoms with van der Waals surface area (Å²) in [5, 5.41) is 3.95. The van der Waals surface area contributed by atoms with Crippen molar-refractivity contribution in [2.45, 2.75) is 13.0 Å². The Morgan fingerprint density at radius 2 is 1.67 bits per heavy atom. The zero-order valence-electron chi connectivity index (χ0n) is 12.1. The highest BCUT2D eigenvalue weighted by Crippen LogP contribution is 2.37. The number of benzene rings is 2. The largest absolute Gasteiger partial charge is 0.495 e. The van der Waals surface area contributed by atoms with Gasteiger partial charge in [-0.1, -0.05) is 39.7 Å². The van der Waals surface area contributed by atoms with Gasteiger partial charge in [0, 0.05) is 16.6 Å². The van der Waals surface area contributed by atoms with Gasteiger partial charge in [0.2, 0.25) is 0 Å². The Hall–Kier alpha value is -1.39. The molecule has 0 radical (unpaired) electrons. The minimum Gasteiger partial charge on any atom is -0.495 e. The molecule has 21 heavy (non-hydrogen) atoms. The van der Waals surface area contributed by atoms with E-state index in [9.17, 15) is 0 Å². The molecule has 5 heteroatoms. The summed E-state index contributed by atoms with van der Waals surface area (Å²) in [7, 11) is 3.20. The molecule has 1 unspecified atom stereocenters. The van der Waals surface area contributed by atoms with Gasteiger partial charge in [0.25, 0.3) is 0 Å². The molecule has 0 aromatic heterocycles.